The highest BCUT2D eigenvalue weighted by Crippen LogP contribution is 2.23. The highest BCUT2D eigenvalue weighted by molar-refractivity contribution is 9.10. The van der Waals surface area contributed by atoms with Crippen molar-refractivity contribution in [2.24, 2.45) is 0 Å². The van der Waals surface area contributed by atoms with Gasteiger partial charge in [0.2, 0.25) is 0 Å². The Labute approximate surface area is 134 Å². The van der Waals surface area contributed by atoms with Crippen LogP contribution in [0.5, 0.6) is 0 Å². The molecule has 0 aromatic heterocycles. The van der Waals surface area contributed by atoms with Crippen molar-refractivity contribution in [3.05, 3.63) is 62.6 Å². The van der Waals surface area contributed by atoms with E-state index in [9.17, 15) is 9.59 Å². The average Bonchev–Trinajstić information content (AvgIpc) is 2.43. The lowest BCUT2D eigenvalue weighted by atomic mass is 10.1. The molecule has 0 saturated carbocycles. The molecule has 0 spiro atoms. The number of nitrogens with one attached hydrogen (secondary N) is 1. The molecule has 0 unspecified atom stereocenters. The number of carboxylic acid groups (broad SMARTS) is 1. The van der Waals surface area contributed by atoms with Crippen molar-refractivity contribution in [1.82, 2.24) is 0 Å². The zero-order valence-electron chi connectivity index (χ0n) is 11.0. The molecule has 0 atom stereocenters. The number of aromatic carboxylic acids is 1. The van der Waals surface area contributed by atoms with Gasteiger partial charge in [0.05, 0.1) is 16.1 Å². The Balaban J connectivity index is 2.33. The SMILES string of the molecule is Cc1ccc(C(=O)O)cc1NC(=O)c1cc(Br)ccc1Cl. The van der Waals surface area contributed by atoms with Crippen LogP contribution in [0.2, 0.25) is 5.02 Å². The minimum absolute atomic E-state index is 0.108. The fourth-order valence-corrected chi connectivity index (χ4v) is 2.32. The molecular formula is C15H11BrClNO3. The number of rotatable bonds is 3. The number of hydrogen-bond acceptors (Lipinski definition) is 2. The molecule has 0 aliphatic rings. The van der Waals surface area contributed by atoms with Gasteiger partial charge in [-0.2, -0.15) is 0 Å². The molecular weight excluding hydrogens is 358 g/mol. The third-order valence-corrected chi connectivity index (χ3v) is 3.73. The van der Waals surface area contributed by atoms with Crippen LogP contribution >= 0.6 is 27.5 Å². The van der Waals surface area contributed by atoms with Crippen LogP contribution in [-0.2, 0) is 0 Å². The number of anilines is 1. The van der Waals surface area contributed by atoms with E-state index < -0.39 is 11.9 Å². The summed E-state index contributed by atoms with van der Waals surface area (Å²) in [5.74, 6) is -1.45. The molecule has 21 heavy (non-hydrogen) atoms. The molecule has 0 saturated heterocycles. The van der Waals surface area contributed by atoms with Gasteiger partial charge in [0.15, 0.2) is 0 Å². The fourth-order valence-electron chi connectivity index (χ4n) is 1.75. The molecule has 2 rings (SSSR count). The summed E-state index contributed by atoms with van der Waals surface area (Å²) in [6, 6.07) is 9.49. The second-order valence-corrected chi connectivity index (χ2v) is 5.74. The first-order chi connectivity index (χ1) is 9.88. The number of amides is 1. The van der Waals surface area contributed by atoms with Crippen molar-refractivity contribution in [2.45, 2.75) is 6.92 Å². The summed E-state index contributed by atoms with van der Waals surface area (Å²) in [5, 5.41) is 12.0. The van der Waals surface area contributed by atoms with Gasteiger partial charge in [-0.25, -0.2) is 4.79 Å². The van der Waals surface area contributed by atoms with Gasteiger partial charge < -0.3 is 10.4 Å². The van der Waals surface area contributed by atoms with Gasteiger partial charge in [0.25, 0.3) is 5.91 Å². The third-order valence-electron chi connectivity index (χ3n) is 2.91. The minimum Gasteiger partial charge on any atom is -0.478 e. The summed E-state index contributed by atoms with van der Waals surface area (Å²) >= 11 is 9.28. The van der Waals surface area contributed by atoms with Crippen molar-refractivity contribution < 1.29 is 14.7 Å². The lowest BCUT2D eigenvalue weighted by Gasteiger charge is -2.10. The van der Waals surface area contributed by atoms with Crippen LogP contribution < -0.4 is 5.32 Å². The molecule has 0 radical (unpaired) electrons. The summed E-state index contributed by atoms with van der Waals surface area (Å²) in [7, 11) is 0. The van der Waals surface area contributed by atoms with Crippen LogP contribution in [0.1, 0.15) is 26.3 Å². The van der Waals surface area contributed by atoms with Gasteiger partial charge in [-0.15, -0.1) is 0 Å². The summed E-state index contributed by atoms with van der Waals surface area (Å²) in [4.78, 5) is 23.2. The summed E-state index contributed by atoms with van der Waals surface area (Å²) < 4.78 is 0.730. The maximum Gasteiger partial charge on any atom is 0.335 e. The van der Waals surface area contributed by atoms with E-state index in [0.717, 1.165) is 10.0 Å². The Bertz CT molecular complexity index is 731. The Hall–Kier alpha value is -1.85. The molecule has 2 N–H and O–H groups in total. The topological polar surface area (TPSA) is 66.4 Å². The molecule has 2 aromatic carbocycles. The monoisotopic (exact) mass is 367 g/mol. The highest BCUT2D eigenvalue weighted by Gasteiger charge is 2.13. The Kier molecular flexibility index (Phi) is 4.65. The van der Waals surface area contributed by atoms with Gasteiger partial charge in [0.1, 0.15) is 0 Å². The number of carboxylic acids is 1. The average molecular weight is 369 g/mol. The molecule has 6 heteroatoms. The van der Waals surface area contributed by atoms with Gasteiger partial charge in [-0.1, -0.05) is 33.6 Å². The van der Waals surface area contributed by atoms with Crippen LogP contribution in [0.15, 0.2) is 40.9 Å². The molecule has 0 fully saturated rings. The van der Waals surface area contributed by atoms with Crippen LogP contribution in [0, 0.1) is 6.92 Å². The largest absolute Gasteiger partial charge is 0.478 e. The molecule has 108 valence electrons. The van der Waals surface area contributed by atoms with Crippen LogP contribution in [0.3, 0.4) is 0 Å². The summed E-state index contributed by atoms with van der Waals surface area (Å²) in [6.45, 7) is 1.78. The van der Waals surface area contributed by atoms with Crippen LogP contribution in [-0.4, -0.2) is 17.0 Å². The van der Waals surface area contributed by atoms with Crippen LogP contribution in [0.4, 0.5) is 5.69 Å². The summed E-state index contributed by atoms with van der Waals surface area (Å²) in [5.41, 5.74) is 1.62. The Morgan fingerprint density at radius 1 is 1.19 bits per heavy atom. The molecule has 4 nitrogen and oxygen atoms in total. The molecule has 2 aromatic rings. The van der Waals surface area contributed by atoms with Crippen LogP contribution in [0.25, 0.3) is 0 Å². The zero-order chi connectivity index (χ0) is 15.6. The number of benzene rings is 2. The van der Waals surface area contributed by atoms with E-state index in [1.165, 1.54) is 12.1 Å². The normalized spacial score (nSPS) is 10.2. The van der Waals surface area contributed by atoms with Crippen molar-refractivity contribution in [1.29, 1.82) is 0 Å². The lowest BCUT2D eigenvalue weighted by Crippen LogP contribution is -2.14. The molecule has 0 aliphatic carbocycles. The smallest absolute Gasteiger partial charge is 0.335 e. The highest BCUT2D eigenvalue weighted by atomic mass is 79.9. The van der Waals surface area contributed by atoms with Gasteiger partial charge in [-0.05, 0) is 42.8 Å². The van der Waals surface area contributed by atoms with E-state index in [-0.39, 0.29) is 5.56 Å². The molecule has 0 bridgehead atoms. The lowest BCUT2D eigenvalue weighted by molar-refractivity contribution is 0.0696. The van der Waals surface area contributed by atoms with E-state index in [1.54, 1.807) is 31.2 Å². The van der Waals surface area contributed by atoms with E-state index >= 15 is 0 Å². The quantitative estimate of drug-likeness (QED) is 0.846. The van der Waals surface area contributed by atoms with E-state index in [2.05, 4.69) is 21.2 Å². The van der Waals surface area contributed by atoms with Gasteiger partial charge in [-0.3, -0.25) is 4.79 Å². The maximum atomic E-state index is 12.3. The van der Waals surface area contributed by atoms with Crippen molar-refractivity contribution in [3.63, 3.8) is 0 Å². The predicted molar refractivity (Wildman–Crippen MR) is 85.2 cm³/mol. The van der Waals surface area contributed by atoms with Gasteiger partial charge in [0, 0.05) is 10.2 Å². The third kappa shape index (κ3) is 3.62. The fraction of sp³-hybridized carbons (Fsp3) is 0.0667. The van der Waals surface area contributed by atoms with Crippen molar-refractivity contribution in [2.75, 3.05) is 5.32 Å². The number of carbonyl (C=O) groups is 2. The van der Waals surface area contributed by atoms with Gasteiger partial charge >= 0.3 is 5.97 Å². The number of hydrogen-bond donors (Lipinski definition) is 2. The first-order valence-electron chi connectivity index (χ1n) is 5.99. The molecule has 0 aliphatic heterocycles. The van der Waals surface area contributed by atoms with E-state index in [0.29, 0.717) is 16.3 Å². The number of aryl methyl sites for hydroxylation is 1. The Morgan fingerprint density at radius 3 is 2.57 bits per heavy atom. The second-order valence-electron chi connectivity index (χ2n) is 4.41. The number of carbonyl (C=O) groups excluding carboxylic acids is 1. The standard InChI is InChI=1S/C15H11BrClNO3/c1-8-2-3-9(15(20)21)6-13(8)18-14(19)11-7-10(16)4-5-12(11)17/h2-7H,1H3,(H,18,19)(H,20,21). The number of halogens is 2. The molecule has 1 amide bonds. The molecule has 0 heterocycles. The summed E-state index contributed by atoms with van der Waals surface area (Å²) in [6.07, 6.45) is 0. The first-order valence-corrected chi connectivity index (χ1v) is 7.16. The van der Waals surface area contributed by atoms with Crippen molar-refractivity contribution in [3.8, 4) is 0 Å². The van der Waals surface area contributed by atoms with E-state index in [1.807, 2.05) is 0 Å². The van der Waals surface area contributed by atoms with E-state index in [4.69, 9.17) is 16.7 Å². The second kappa shape index (κ2) is 6.28. The zero-order valence-corrected chi connectivity index (χ0v) is 13.3. The Morgan fingerprint density at radius 2 is 1.90 bits per heavy atom. The predicted octanol–water partition coefficient (Wildman–Crippen LogP) is 4.36. The minimum atomic E-state index is -1.05. The van der Waals surface area contributed by atoms with Crippen molar-refractivity contribution >= 4 is 45.1 Å². The maximum absolute atomic E-state index is 12.3. The first kappa shape index (κ1) is 15.5.